The molecule has 1 rings (SSSR count). The molecule has 6 nitrogen and oxygen atoms in total. The zero-order chi connectivity index (χ0) is 15.3. The summed E-state index contributed by atoms with van der Waals surface area (Å²) in [5, 5.41) is 17.7. The van der Waals surface area contributed by atoms with Crippen molar-refractivity contribution in [3.05, 3.63) is 27.7 Å². The van der Waals surface area contributed by atoms with E-state index in [1.807, 2.05) is 0 Å². The van der Waals surface area contributed by atoms with Gasteiger partial charge in [-0.1, -0.05) is 23.2 Å². The Balaban J connectivity index is 3.19. The van der Waals surface area contributed by atoms with Gasteiger partial charge < -0.3 is 9.84 Å². The van der Waals surface area contributed by atoms with Crippen LogP contribution in [0.3, 0.4) is 0 Å². The van der Waals surface area contributed by atoms with Crippen molar-refractivity contribution < 1.29 is 19.4 Å². The fraction of sp³-hybridized carbons (Fsp3) is 0.167. The van der Waals surface area contributed by atoms with E-state index in [2.05, 4.69) is 9.73 Å². The Morgan fingerprint density at radius 3 is 2.65 bits per heavy atom. The Bertz CT molecular complexity index is 623. The molecule has 1 atom stereocenters. The van der Waals surface area contributed by atoms with Gasteiger partial charge in [-0.15, -0.1) is 0 Å². The Morgan fingerprint density at radius 2 is 2.15 bits per heavy atom. The van der Waals surface area contributed by atoms with Crippen LogP contribution < -0.4 is 0 Å². The molecular formula is C12H8Cl2N2O4. The fourth-order valence-corrected chi connectivity index (χ4v) is 1.70. The molecule has 0 aliphatic rings. The maximum Gasteiger partial charge on any atom is 0.337 e. The number of esters is 1. The number of hydrogen-bond acceptors (Lipinski definition) is 5. The van der Waals surface area contributed by atoms with Crippen LogP contribution in [0.5, 0.6) is 0 Å². The van der Waals surface area contributed by atoms with Gasteiger partial charge in [-0.05, 0) is 12.1 Å². The summed E-state index contributed by atoms with van der Waals surface area (Å²) in [5.41, 5.74) is -0.182. The summed E-state index contributed by atoms with van der Waals surface area (Å²) in [5.74, 6) is -3.27. The smallest absolute Gasteiger partial charge is 0.337 e. The standard InChI is InChI=1S/C12H8Cl2N2O4/c1-20-12(19)6(4-15)5-16-9-3-7(13)2-8(10(9)14)11(17)18/h2-3,5-6H,1H3,(H,17,18). The number of ether oxygens (including phenoxy) is 1. The Morgan fingerprint density at radius 1 is 1.50 bits per heavy atom. The van der Waals surface area contributed by atoms with Gasteiger partial charge in [-0.2, -0.15) is 5.26 Å². The Kier molecular flexibility index (Phi) is 5.50. The number of methoxy groups -OCH3 is 1. The van der Waals surface area contributed by atoms with Crippen molar-refractivity contribution in [3.63, 3.8) is 0 Å². The van der Waals surface area contributed by atoms with Gasteiger partial charge in [0.25, 0.3) is 0 Å². The predicted octanol–water partition coefficient (Wildman–Crippen LogP) is 2.71. The second-order valence-corrected chi connectivity index (χ2v) is 4.31. The van der Waals surface area contributed by atoms with Crippen LogP contribution in [0.15, 0.2) is 17.1 Å². The van der Waals surface area contributed by atoms with Crippen LogP contribution in [-0.2, 0) is 9.53 Å². The highest BCUT2D eigenvalue weighted by atomic mass is 35.5. The van der Waals surface area contributed by atoms with Gasteiger partial charge in [-0.3, -0.25) is 9.79 Å². The third kappa shape index (κ3) is 3.70. The second kappa shape index (κ2) is 6.89. The highest BCUT2D eigenvalue weighted by molar-refractivity contribution is 6.37. The van der Waals surface area contributed by atoms with Gasteiger partial charge in [0.05, 0.1) is 29.5 Å². The maximum absolute atomic E-state index is 11.2. The SMILES string of the molecule is COC(=O)C(C#N)C=Nc1cc(Cl)cc(C(=O)O)c1Cl. The number of rotatable bonds is 4. The van der Waals surface area contributed by atoms with Gasteiger partial charge in [0.1, 0.15) is 0 Å². The zero-order valence-corrected chi connectivity index (χ0v) is 11.6. The summed E-state index contributed by atoms with van der Waals surface area (Å²) in [4.78, 5) is 26.0. The molecule has 0 aromatic heterocycles. The van der Waals surface area contributed by atoms with E-state index in [0.717, 1.165) is 13.3 Å². The molecule has 1 N–H and O–H groups in total. The van der Waals surface area contributed by atoms with E-state index < -0.39 is 17.9 Å². The van der Waals surface area contributed by atoms with Gasteiger partial charge in [-0.25, -0.2) is 4.79 Å². The molecule has 20 heavy (non-hydrogen) atoms. The molecule has 0 radical (unpaired) electrons. The van der Waals surface area contributed by atoms with Crippen LogP contribution >= 0.6 is 23.2 Å². The number of benzene rings is 1. The van der Waals surface area contributed by atoms with Crippen LogP contribution in [0.25, 0.3) is 0 Å². The zero-order valence-electron chi connectivity index (χ0n) is 10.1. The van der Waals surface area contributed by atoms with Crippen molar-refractivity contribution in [2.75, 3.05) is 7.11 Å². The molecule has 0 saturated heterocycles. The van der Waals surface area contributed by atoms with Crippen molar-refractivity contribution in [3.8, 4) is 6.07 Å². The van der Waals surface area contributed by atoms with Crippen LogP contribution in [-0.4, -0.2) is 30.4 Å². The Hall–Kier alpha value is -2.10. The molecule has 0 amide bonds. The lowest BCUT2D eigenvalue weighted by molar-refractivity contribution is -0.141. The lowest BCUT2D eigenvalue weighted by Crippen LogP contribution is -2.15. The van der Waals surface area contributed by atoms with Crippen LogP contribution in [0.2, 0.25) is 10.0 Å². The number of carbonyl (C=O) groups is 2. The monoisotopic (exact) mass is 314 g/mol. The minimum Gasteiger partial charge on any atom is -0.478 e. The second-order valence-electron chi connectivity index (χ2n) is 3.50. The van der Waals surface area contributed by atoms with E-state index in [-0.39, 0.29) is 21.3 Å². The van der Waals surface area contributed by atoms with Gasteiger partial charge in [0.15, 0.2) is 5.92 Å². The molecule has 8 heteroatoms. The minimum atomic E-state index is -1.27. The summed E-state index contributed by atoms with van der Waals surface area (Å²) in [7, 11) is 1.13. The number of aliphatic imine (C=N–C) groups is 1. The molecule has 0 fully saturated rings. The van der Waals surface area contributed by atoms with Crippen LogP contribution in [0, 0.1) is 17.2 Å². The number of nitriles is 1. The van der Waals surface area contributed by atoms with Crippen LogP contribution in [0.4, 0.5) is 5.69 Å². The molecule has 1 aromatic rings. The van der Waals surface area contributed by atoms with Crippen molar-refractivity contribution in [2.45, 2.75) is 0 Å². The first-order valence-electron chi connectivity index (χ1n) is 5.14. The first kappa shape index (κ1) is 16.0. The first-order chi connectivity index (χ1) is 9.40. The predicted molar refractivity (Wildman–Crippen MR) is 72.7 cm³/mol. The molecule has 104 valence electrons. The molecule has 0 aliphatic heterocycles. The van der Waals surface area contributed by atoms with Gasteiger partial charge in [0, 0.05) is 11.2 Å². The summed E-state index contributed by atoms with van der Waals surface area (Å²) >= 11 is 11.6. The molecule has 1 unspecified atom stereocenters. The number of carboxylic acids is 1. The number of aromatic carboxylic acids is 1. The van der Waals surface area contributed by atoms with E-state index >= 15 is 0 Å². The average molecular weight is 315 g/mol. The van der Waals surface area contributed by atoms with Crippen molar-refractivity contribution in [1.29, 1.82) is 5.26 Å². The highest BCUT2D eigenvalue weighted by Gasteiger charge is 2.17. The molecule has 0 aliphatic carbocycles. The van der Waals surface area contributed by atoms with Gasteiger partial charge in [0.2, 0.25) is 0 Å². The maximum atomic E-state index is 11.2. The summed E-state index contributed by atoms with van der Waals surface area (Å²) < 4.78 is 4.40. The molecule has 0 bridgehead atoms. The van der Waals surface area contributed by atoms with Crippen molar-refractivity contribution in [2.24, 2.45) is 10.9 Å². The van der Waals surface area contributed by atoms with E-state index in [9.17, 15) is 9.59 Å². The quantitative estimate of drug-likeness (QED) is 0.680. The van der Waals surface area contributed by atoms with E-state index in [1.54, 1.807) is 6.07 Å². The number of halogens is 2. The van der Waals surface area contributed by atoms with E-state index in [4.69, 9.17) is 33.6 Å². The molecule has 0 spiro atoms. The van der Waals surface area contributed by atoms with Crippen molar-refractivity contribution in [1.82, 2.24) is 0 Å². The van der Waals surface area contributed by atoms with Gasteiger partial charge >= 0.3 is 11.9 Å². The third-order valence-corrected chi connectivity index (χ3v) is 2.82. The fourth-order valence-electron chi connectivity index (χ4n) is 1.25. The topological polar surface area (TPSA) is 99.8 Å². The lowest BCUT2D eigenvalue weighted by Gasteiger charge is -2.05. The summed E-state index contributed by atoms with van der Waals surface area (Å²) in [6.07, 6.45) is 1.01. The summed E-state index contributed by atoms with van der Waals surface area (Å²) in [6.45, 7) is 0. The summed E-state index contributed by atoms with van der Waals surface area (Å²) in [6, 6.07) is 4.17. The minimum absolute atomic E-state index is 0.0423. The first-order valence-corrected chi connectivity index (χ1v) is 5.90. The van der Waals surface area contributed by atoms with E-state index in [0.29, 0.717) is 0 Å². The van der Waals surface area contributed by atoms with E-state index in [1.165, 1.54) is 12.1 Å². The normalized spacial score (nSPS) is 11.9. The molecule has 0 heterocycles. The largest absolute Gasteiger partial charge is 0.478 e. The Labute approximate surface area is 124 Å². The highest BCUT2D eigenvalue weighted by Crippen LogP contribution is 2.32. The third-order valence-electron chi connectivity index (χ3n) is 2.21. The van der Waals surface area contributed by atoms with Crippen molar-refractivity contribution >= 4 is 47.0 Å². The molecular weight excluding hydrogens is 307 g/mol. The molecule has 0 saturated carbocycles. The number of carbonyl (C=O) groups excluding carboxylic acids is 1. The number of nitrogens with zero attached hydrogens (tertiary/aromatic N) is 2. The van der Waals surface area contributed by atoms with Crippen LogP contribution in [0.1, 0.15) is 10.4 Å². The average Bonchev–Trinajstić information content (AvgIpc) is 2.41. The lowest BCUT2D eigenvalue weighted by atomic mass is 10.2. The molecule has 1 aromatic carbocycles. The number of carboxylic acid groups (broad SMARTS) is 1. The number of hydrogen-bond donors (Lipinski definition) is 1.